The Morgan fingerprint density at radius 1 is 1.04 bits per heavy atom. The van der Waals surface area contributed by atoms with E-state index in [1.807, 2.05) is 13.1 Å². The van der Waals surface area contributed by atoms with Gasteiger partial charge in [-0.05, 0) is 84.2 Å². The van der Waals surface area contributed by atoms with Crippen molar-refractivity contribution in [3.05, 3.63) is 47.4 Å². The largest absolute Gasteiger partial charge is 0.462 e. The summed E-state index contributed by atoms with van der Waals surface area (Å²) in [6.45, 7) is 7.13. The maximum absolute atomic E-state index is 13.7. The molecule has 4 rings (SSSR count). The predicted octanol–water partition coefficient (Wildman–Crippen LogP) is 6.33. The van der Waals surface area contributed by atoms with E-state index in [1.165, 1.54) is 6.92 Å². The normalized spacial score (nSPS) is 16.8. The molecule has 1 aliphatic rings. The van der Waals surface area contributed by atoms with E-state index in [0.29, 0.717) is 34.3 Å². The second-order valence-corrected chi connectivity index (χ2v) is 14.0. The Kier molecular flexibility index (Phi) is 14.9. The molecule has 1 amide bonds. The highest BCUT2D eigenvalue weighted by Crippen LogP contribution is 2.34. The minimum atomic E-state index is -4.81. The number of anilines is 1. The zero-order chi connectivity index (χ0) is 40.4. The molecular formula is C37H48F6N6O6. The number of esters is 1. The van der Waals surface area contributed by atoms with Crippen LogP contribution in [0, 0.1) is 17.8 Å². The number of carbonyl (C=O) groups excluding carboxylic acids is 2. The van der Waals surface area contributed by atoms with Crippen LogP contribution in [0.5, 0.6) is 0 Å². The highest BCUT2D eigenvalue weighted by molar-refractivity contribution is 5.94. The first-order valence-electron chi connectivity index (χ1n) is 17.9. The summed E-state index contributed by atoms with van der Waals surface area (Å²) < 4.78 is 105. The Morgan fingerprint density at radius 3 is 2.44 bits per heavy atom. The van der Waals surface area contributed by atoms with Crippen LogP contribution in [-0.4, -0.2) is 109 Å². The smallest absolute Gasteiger partial charge is 0.433 e. The number of alkyl carbamates (subject to hydrolysis) is 1. The number of rotatable bonds is 15. The fraction of sp³-hybridized carbons (Fsp3) is 0.595. The number of piperidine rings is 1. The van der Waals surface area contributed by atoms with Crippen molar-refractivity contribution >= 4 is 28.7 Å². The number of likely N-dealkylation sites (tertiary alicyclic amines) is 1. The number of hydrogen-bond donors (Lipinski definition) is 2. The second kappa shape index (κ2) is 18.9. The van der Waals surface area contributed by atoms with Crippen molar-refractivity contribution in [3.8, 4) is 11.8 Å². The number of fused-ring (bicyclic) bond motifs is 1. The van der Waals surface area contributed by atoms with Gasteiger partial charge in [-0.2, -0.15) is 31.4 Å². The van der Waals surface area contributed by atoms with Crippen molar-refractivity contribution in [2.45, 2.75) is 77.6 Å². The van der Waals surface area contributed by atoms with E-state index < -0.39 is 47.8 Å². The van der Waals surface area contributed by atoms with E-state index in [2.05, 4.69) is 32.5 Å². The summed E-state index contributed by atoms with van der Waals surface area (Å²) >= 11 is 0. The van der Waals surface area contributed by atoms with E-state index in [1.54, 1.807) is 39.0 Å². The van der Waals surface area contributed by atoms with Crippen molar-refractivity contribution in [2.24, 2.45) is 5.92 Å². The molecule has 2 atom stereocenters. The van der Waals surface area contributed by atoms with Crippen LogP contribution in [0.4, 0.5) is 36.8 Å². The first-order valence-corrected chi connectivity index (χ1v) is 17.9. The fourth-order valence-electron chi connectivity index (χ4n) is 6.24. The average Bonchev–Trinajstić information content (AvgIpc) is 3.66. The van der Waals surface area contributed by atoms with Crippen LogP contribution in [0.15, 0.2) is 30.5 Å². The molecule has 0 radical (unpaired) electrons. The summed E-state index contributed by atoms with van der Waals surface area (Å²) in [5.41, 5.74) is -1.38. The van der Waals surface area contributed by atoms with Crippen LogP contribution in [0.1, 0.15) is 62.3 Å². The molecule has 3 aromatic rings. The number of hydrogen-bond acceptors (Lipinski definition) is 9. The minimum Gasteiger partial charge on any atom is -0.462 e. The molecule has 2 N–H and O–H groups in total. The molecule has 12 nitrogen and oxygen atoms in total. The molecule has 304 valence electrons. The predicted molar refractivity (Wildman–Crippen MR) is 192 cm³/mol. The molecule has 1 aliphatic heterocycles. The molecular weight excluding hydrogens is 738 g/mol. The quantitative estimate of drug-likeness (QED) is 0.0789. The number of amides is 1. The Labute approximate surface area is 315 Å². The third-order valence-electron chi connectivity index (χ3n) is 8.55. The first kappa shape index (κ1) is 43.3. The first-order chi connectivity index (χ1) is 25.9. The molecule has 3 heterocycles. The lowest BCUT2D eigenvalue weighted by Gasteiger charge is -2.38. The van der Waals surface area contributed by atoms with Gasteiger partial charge < -0.3 is 39.0 Å². The van der Waals surface area contributed by atoms with Crippen LogP contribution < -0.4 is 10.6 Å². The molecule has 0 spiro atoms. The van der Waals surface area contributed by atoms with E-state index >= 15 is 0 Å². The molecule has 18 heteroatoms. The number of alkyl halides is 6. The van der Waals surface area contributed by atoms with E-state index in [4.69, 9.17) is 18.9 Å². The van der Waals surface area contributed by atoms with Gasteiger partial charge in [-0.25, -0.2) is 9.59 Å². The van der Waals surface area contributed by atoms with Crippen molar-refractivity contribution in [1.82, 2.24) is 24.6 Å². The SMILES string of the molecule is CCOC(=O)c1cnn(CCOCCOCC[C@@H]2CN(C)CC[C@H]2Nc2cccc3c2cc(C#CCNC(=O)OC(C)(C)C)n3CC(F)(F)F)c1C(F)(F)F. The van der Waals surface area contributed by atoms with E-state index in [9.17, 15) is 35.9 Å². The van der Waals surface area contributed by atoms with Crippen molar-refractivity contribution < 1.29 is 54.9 Å². The lowest BCUT2D eigenvalue weighted by Crippen LogP contribution is -2.45. The highest BCUT2D eigenvalue weighted by atomic mass is 19.4. The van der Waals surface area contributed by atoms with Crippen LogP contribution >= 0.6 is 0 Å². The van der Waals surface area contributed by atoms with Gasteiger partial charge in [0.25, 0.3) is 0 Å². The standard InChI is InChI=1S/C37H48F6N6O6/c1-6-54-33(50)28-22-45-49(32(28)37(41,42)43)16-18-53-20-19-52-17-13-25-23-47(5)15-12-29(25)46-30-10-7-11-31-27(30)21-26(48(31)24-36(38,39)40)9-8-14-44-34(51)55-35(2,3)4/h7,10-11,21-22,25,29,46H,6,12-20,23-24H2,1-5H3,(H,44,51)/t25-,29-/m1/s1. The number of nitrogens with zero attached hydrogens (tertiary/aromatic N) is 4. The molecule has 1 saturated heterocycles. The van der Waals surface area contributed by atoms with E-state index in [-0.39, 0.29) is 57.2 Å². The lowest BCUT2D eigenvalue weighted by molar-refractivity contribution is -0.145. The van der Waals surface area contributed by atoms with Gasteiger partial charge in [-0.15, -0.1) is 0 Å². The molecule has 2 aromatic heterocycles. The minimum absolute atomic E-state index is 0.0171. The number of nitrogens with one attached hydrogen (secondary N) is 2. The van der Waals surface area contributed by atoms with Crippen LogP contribution in [-0.2, 0) is 38.2 Å². The van der Waals surface area contributed by atoms with Crippen molar-refractivity contribution in [1.29, 1.82) is 0 Å². The van der Waals surface area contributed by atoms with Gasteiger partial charge in [0, 0.05) is 30.3 Å². The topological polar surface area (TPSA) is 121 Å². The maximum Gasteiger partial charge on any atom is 0.433 e. The molecule has 0 aliphatic carbocycles. The fourth-order valence-corrected chi connectivity index (χ4v) is 6.24. The zero-order valence-electron chi connectivity index (χ0n) is 31.5. The Morgan fingerprint density at radius 2 is 1.76 bits per heavy atom. The lowest BCUT2D eigenvalue weighted by atomic mass is 9.89. The van der Waals surface area contributed by atoms with Gasteiger partial charge in [0.15, 0.2) is 5.69 Å². The average molecular weight is 787 g/mol. The summed E-state index contributed by atoms with van der Waals surface area (Å²) in [5, 5.41) is 10.3. The highest BCUT2D eigenvalue weighted by Gasteiger charge is 2.40. The van der Waals surface area contributed by atoms with Gasteiger partial charge in [0.1, 0.15) is 17.7 Å². The number of ether oxygens (including phenoxy) is 4. The third-order valence-corrected chi connectivity index (χ3v) is 8.55. The molecule has 1 fully saturated rings. The number of carbonyl (C=O) groups is 2. The van der Waals surface area contributed by atoms with Crippen molar-refractivity contribution in [3.63, 3.8) is 0 Å². The molecule has 0 unspecified atom stereocenters. The van der Waals surface area contributed by atoms with Crippen molar-refractivity contribution in [2.75, 3.05) is 65.0 Å². The molecule has 0 bridgehead atoms. The molecule has 0 saturated carbocycles. The molecule has 55 heavy (non-hydrogen) atoms. The number of aromatic nitrogens is 3. The van der Waals surface area contributed by atoms with Gasteiger partial charge in [0.2, 0.25) is 0 Å². The summed E-state index contributed by atoms with van der Waals surface area (Å²) in [5.74, 6) is 4.53. The maximum atomic E-state index is 13.7. The van der Waals surface area contributed by atoms with E-state index in [0.717, 1.165) is 30.3 Å². The molecule has 1 aromatic carbocycles. The van der Waals surface area contributed by atoms with Gasteiger partial charge in [-0.1, -0.05) is 12.0 Å². The number of halogens is 6. The monoisotopic (exact) mass is 786 g/mol. The zero-order valence-corrected chi connectivity index (χ0v) is 31.5. The Hall–Kier alpha value is -4.47. The summed E-state index contributed by atoms with van der Waals surface area (Å²) in [6, 6.07) is 6.73. The van der Waals surface area contributed by atoms with Crippen LogP contribution in [0.25, 0.3) is 10.9 Å². The van der Waals surface area contributed by atoms with Crippen LogP contribution in [0.2, 0.25) is 0 Å². The Balaban J connectivity index is 1.34. The van der Waals surface area contributed by atoms with Gasteiger partial charge >= 0.3 is 24.4 Å². The number of benzene rings is 1. The summed E-state index contributed by atoms with van der Waals surface area (Å²) in [6.07, 6.45) is -7.73. The summed E-state index contributed by atoms with van der Waals surface area (Å²) in [4.78, 5) is 26.1. The second-order valence-electron chi connectivity index (χ2n) is 14.0. The Bertz CT molecular complexity index is 1810. The summed E-state index contributed by atoms with van der Waals surface area (Å²) in [7, 11) is 2.01. The van der Waals surface area contributed by atoms with Gasteiger partial charge in [0.05, 0.1) is 56.9 Å². The third kappa shape index (κ3) is 13.1. The van der Waals surface area contributed by atoms with Crippen LogP contribution in [0.3, 0.4) is 0 Å². The van der Waals surface area contributed by atoms with Gasteiger partial charge in [-0.3, -0.25) is 4.68 Å².